The molecule has 0 unspecified atom stereocenters. The predicted octanol–water partition coefficient (Wildman–Crippen LogP) is 1.73. The molecule has 1 aromatic carbocycles. The monoisotopic (exact) mass is 294 g/mol. The SMILES string of the molecule is COC(=O)[C@H]1C(=O)O[C@@H](c2ccc(OC)c(OC)c2)[C@@H]1C. The number of benzene rings is 1. The highest BCUT2D eigenvalue weighted by Gasteiger charge is 2.47. The van der Waals surface area contributed by atoms with Crippen LogP contribution in [0.5, 0.6) is 11.5 Å². The van der Waals surface area contributed by atoms with Gasteiger partial charge in [0.15, 0.2) is 17.4 Å². The van der Waals surface area contributed by atoms with Crippen LogP contribution in [0.1, 0.15) is 18.6 Å². The van der Waals surface area contributed by atoms with Crippen LogP contribution in [0.15, 0.2) is 18.2 Å². The number of cyclic esters (lactones) is 1. The summed E-state index contributed by atoms with van der Waals surface area (Å²) in [6.45, 7) is 1.79. The van der Waals surface area contributed by atoms with E-state index in [2.05, 4.69) is 4.74 Å². The Bertz CT molecular complexity index is 553. The minimum Gasteiger partial charge on any atom is -0.493 e. The average molecular weight is 294 g/mol. The van der Waals surface area contributed by atoms with Gasteiger partial charge in [-0.1, -0.05) is 13.0 Å². The van der Waals surface area contributed by atoms with Gasteiger partial charge in [-0.15, -0.1) is 0 Å². The topological polar surface area (TPSA) is 71.1 Å². The van der Waals surface area contributed by atoms with Gasteiger partial charge in [-0.2, -0.15) is 0 Å². The molecular formula is C15H18O6. The van der Waals surface area contributed by atoms with Gasteiger partial charge in [0.2, 0.25) is 0 Å². The first-order chi connectivity index (χ1) is 10.0. The standard InChI is InChI=1S/C15H18O6/c1-8-12(14(16)20-4)15(17)21-13(8)9-5-6-10(18-2)11(7-9)19-3/h5-8,12-13H,1-4H3/t8-,12+,13-/m1/s1. The molecular weight excluding hydrogens is 276 g/mol. The van der Waals surface area contributed by atoms with Gasteiger partial charge in [0, 0.05) is 5.92 Å². The summed E-state index contributed by atoms with van der Waals surface area (Å²) >= 11 is 0. The molecule has 0 aromatic heterocycles. The zero-order chi connectivity index (χ0) is 15.6. The molecule has 1 fully saturated rings. The molecule has 0 amide bonds. The van der Waals surface area contributed by atoms with Gasteiger partial charge < -0.3 is 18.9 Å². The summed E-state index contributed by atoms with van der Waals surface area (Å²) < 4.78 is 20.4. The van der Waals surface area contributed by atoms with Crippen molar-refractivity contribution in [2.24, 2.45) is 11.8 Å². The molecule has 1 heterocycles. The second-order valence-corrected chi connectivity index (χ2v) is 4.83. The summed E-state index contributed by atoms with van der Waals surface area (Å²) in [5.41, 5.74) is 0.750. The van der Waals surface area contributed by atoms with Crippen molar-refractivity contribution in [3.63, 3.8) is 0 Å². The normalized spacial score (nSPS) is 24.4. The van der Waals surface area contributed by atoms with Crippen LogP contribution in [0.2, 0.25) is 0 Å². The van der Waals surface area contributed by atoms with Gasteiger partial charge in [-0.05, 0) is 17.7 Å². The Labute approximate surface area is 122 Å². The molecule has 1 saturated heterocycles. The lowest BCUT2D eigenvalue weighted by Gasteiger charge is -2.17. The Morgan fingerprint density at radius 3 is 2.38 bits per heavy atom. The van der Waals surface area contributed by atoms with E-state index in [0.717, 1.165) is 5.56 Å². The number of hydrogen-bond donors (Lipinski definition) is 0. The Balaban J connectivity index is 2.31. The lowest BCUT2D eigenvalue weighted by molar-refractivity contribution is -0.155. The third-order valence-corrected chi connectivity index (χ3v) is 3.69. The highest BCUT2D eigenvalue weighted by molar-refractivity contribution is 5.96. The van der Waals surface area contributed by atoms with E-state index in [1.165, 1.54) is 14.2 Å². The van der Waals surface area contributed by atoms with Gasteiger partial charge >= 0.3 is 11.9 Å². The summed E-state index contributed by atoms with van der Waals surface area (Å²) in [7, 11) is 4.33. The molecule has 1 aromatic rings. The molecule has 2 rings (SSSR count). The smallest absolute Gasteiger partial charge is 0.321 e. The average Bonchev–Trinajstić information content (AvgIpc) is 2.80. The van der Waals surface area contributed by atoms with E-state index in [1.807, 2.05) is 0 Å². The first kappa shape index (κ1) is 15.2. The van der Waals surface area contributed by atoms with Crippen molar-refractivity contribution < 1.29 is 28.5 Å². The third kappa shape index (κ3) is 2.66. The maximum atomic E-state index is 11.9. The number of methoxy groups -OCH3 is 3. The Morgan fingerprint density at radius 1 is 1.14 bits per heavy atom. The quantitative estimate of drug-likeness (QED) is 0.622. The Morgan fingerprint density at radius 2 is 1.81 bits per heavy atom. The number of esters is 2. The van der Waals surface area contributed by atoms with Gasteiger partial charge in [-0.3, -0.25) is 9.59 Å². The fourth-order valence-electron chi connectivity index (χ4n) is 2.53. The maximum absolute atomic E-state index is 11.9. The Kier molecular flexibility index (Phi) is 4.35. The van der Waals surface area contributed by atoms with Gasteiger partial charge in [0.1, 0.15) is 6.10 Å². The van der Waals surface area contributed by atoms with Gasteiger partial charge in [0.25, 0.3) is 0 Å². The lowest BCUT2D eigenvalue weighted by atomic mass is 9.88. The van der Waals surface area contributed by atoms with Crippen molar-refractivity contribution in [1.82, 2.24) is 0 Å². The summed E-state index contributed by atoms with van der Waals surface area (Å²) in [6.07, 6.45) is -0.513. The highest BCUT2D eigenvalue weighted by atomic mass is 16.6. The molecule has 0 N–H and O–H groups in total. The molecule has 1 aliphatic rings. The molecule has 3 atom stereocenters. The van der Waals surface area contributed by atoms with Crippen molar-refractivity contribution in [2.45, 2.75) is 13.0 Å². The molecule has 0 bridgehead atoms. The minimum atomic E-state index is -0.895. The maximum Gasteiger partial charge on any atom is 0.321 e. The molecule has 6 nitrogen and oxygen atoms in total. The van der Waals surface area contributed by atoms with Crippen LogP contribution in [0.3, 0.4) is 0 Å². The summed E-state index contributed by atoms with van der Waals surface area (Å²) in [4.78, 5) is 23.5. The second-order valence-electron chi connectivity index (χ2n) is 4.83. The molecule has 0 saturated carbocycles. The van der Waals surface area contributed by atoms with Crippen LogP contribution in [0, 0.1) is 11.8 Å². The molecule has 0 radical (unpaired) electrons. The third-order valence-electron chi connectivity index (χ3n) is 3.69. The molecule has 1 aliphatic heterocycles. The van der Waals surface area contributed by atoms with Crippen molar-refractivity contribution in [3.8, 4) is 11.5 Å². The van der Waals surface area contributed by atoms with E-state index < -0.39 is 24.0 Å². The Hall–Kier alpha value is -2.24. The first-order valence-electron chi connectivity index (χ1n) is 6.53. The van der Waals surface area contributed by atoms with Gasteiger partial charge in [0.05, 0.1) is 21.3 Å². The van der Waals surface area contributed by atoms with Crippen LogP contribution in [-0.4, -0.2) is 33.3 Å². The fraction of sp³-hybridized carbons (Fsp3) is 0.467. The summed E-state index contributed by atoms with van der Waals surface area (Å²) in [6, 6.07) is 5.27. The number of ether oxygens (including phenoxy) is 4. The van der Waals surface area contributed by atoms with Gasteiger partial charge in [-0.25, -0.2) is 0 Å². The van der Waals surface area contributed by atoms with E-state index in [0.29, 0.717) is 11.5 Å². The highest BCUT2D eigenvalue weighted by Crippen LogP contribution is 2.41. The zero-order valence-electron chi connectivity index (χ0n) is 12.4. The van der Waals surface area contributed by atoms with Crippen molar-refractivity contribution in [1.29, 1.82) is 0 Å². The van der Waals surface area contributed by atoms with Crippen LogP contribution in [0.25, 0.3) is 0 Å². The van der Waals surface area contributed by atoms with E-state index >= 15 is 0 Å². The fourth-order valence-corrected chi connectivity index (χ4v) is 2.53. The van der Waals surface area contributed by atoms with Crippen LogP contribution < -0.4 is 9.47 Å². The zero-order valence-corrected chi connectivity index (χ0v) is 12.4. The molecule has 0 aliphatic carbocycles. The second kappa shape index (κ2) is 6.03. The number of carbonyl (C=O) groups is 2. The van der Waals surface area contributed by atoms with Crippen molar-refractivity contribution in [2.75, 3.05) is 21.3 Å². The first-order valence-corrected chi connectivity index (χ1v) is 6.53. The summed E-state index contributed by atoms with van der Waals surface area (Å²) in [5.74, 6) is -1.22. The summed E-state index contributed by atoms with van der Waals surface area (Å²) in [5, 5.41) is 0. The molecule has 6 heteroatoms. The minimum absolute atomic E-state index is 0.317. The van der Waals surface area contributed by atoms with Crippen LogP contribution >= 0.6 is 0 Å². The molecule has 21 heavy (non-hydrogen) atoms. The van der Waals surface area contributed by atoms with Crippen molar-refractivity contribution in [3.05, 3.63) is 23.8 Å². The molecule has 0 spiro atoms. The largest absolute Gasteiger partial charge is 0.493 e. The van der Waals surface area contributed by atoms with Crippen molar-refractivity contribution >= 4 is 11.9 Å². The van der Waals surface area contributed by atoms with Crippen LogP contribution in [-0.2, 0) is 19.1 Å². The lowest BCUT2D eigenvalue weighted by Crippen LogP contribution is -2.25. The number of carbonyl (C=O) groups excluding carboxylic acids is 2. The van der Waals surface area contributed by atoms with E-state index in [1.54, 1.807) is 32.2 Å². The van der Waals surface area contributed by atoms with E-state index in [-0.39, 0.29) is 5.92 Å². The number of rotatable bonds is 4. The molecule has 114 valence electrons. The van der Waals surface area contributed by atoms with E-state index in [4.69, 9.17) is 14.2 Å². The predicted molar refractivity (Wildman–Crippen MR) is 73.0 cm³/mol. The van der Waals surface area contributed by atoms with E-state index in [9.17, 15) is 9.59 Å². The van der Waals surface area contributed by atoms with Crippen LogP contribution in [0.4, 0.5) is 0 Å². The number of hydrogen-bond acceptors (Lipinski definition) is 6.